The van der Waals surface area contributed by atoms with Gasteiger partial charge in [0, 0.05) is 6.54 Å². The number of rotatable bonds is 6. The molecule has 0 aliphatic carbocycles. The number of likely N-dealkylation sites (tertiary alicyclic amines) is 1. The van der Waals surface area contributed by atoms with Gasteiger partial charge in [-0.15, -0.1) is 0 Å². The van der Waals surface area contributed by atoms with Crippen molar-refractivity contribution in [3.63, 3.8) is 0 Å². The predicted molar refractivity (Wildman–Crippen MR) is 63.2 cm³/mol. The summed E-state index contributed by atoms with van der Waals surface area (Å²) in [5.41, 5.74) is -1.19. The summed E-state index contributed by atoms with van der Waals surface area (Å²) in [5.74, 6) is -1.05. The second kappa shape index (κ2) is 5.83. The number of hydrogen-bond donors (Lipinski definition) is 3. The molecule has 1 unspecified atom stereocenters. The van der Waals surface area contributed by atoms with Gasteiger partial charge >= 0.3 is 12.1 Å². The number of aliphatic carboxylic acids is 1. The Morgan fingerprint density at radius 3 is 2.67 bits per heavy atom. The number of carboxylic acid groups (broad SMARTS) is 1. The lowest BCUT2D eigenvalue weighted by Gasteiger charge is -2.46. The molecule has 0 aromatic rings. The first-order valence-corrected chi connectivity index (χ1v) is 5.60. The van der Waals surface area contributed by atoms with Gasteiger partial charge in [-0.3, -0.25) is 10.1 Å². The number of carbonyl (C=O) groups excluding carboxylic acids is 1. The number of nitrogens with one attached hydrogen (secondary N) is 1. The second-order valence-corrected chi connectivity index (χ2v) is 4.34. The molecule has 1 heterocycles. The van der Waals surface area contributed by atoms with Gasteiger partial charge in [-0.1, -0.05) is 12.7 Å². The predicted octanol–water partition coefficient (Wildman–Crippen LogP) is -0.582. The maximum atomic E-state index is 11.4. The maximum Gasteiger partial charge on any atom is 0.410 e. The Hall–Kier alpha value is -1.60. The normalized spacial score (nSPS) is 18.7. The van der Waals surface area contributed by atoms with E-state index in [9.17, 15) is 9.59 Å². The molecule has 0 saturated carbocycles. The van der Waals surface area contributed by atoms with Gasteiger partial charge in [0.2, 0.25) is 0 Å². The first-order valence-electron chi connectivity index (χ1n) is 5.60. The van der Waals surface area contributed by atoms with Gasteiger partial charge < -0.3 is 19.8 Å². The van der Waals surface area contributed by atoms with Crippen LogP contribution in [0.3, 0.4) is 0 Å². The summed E-state index contributed by atoms with van der Waals surface area (Å²) < 4.78 is 4.79. The van der Waals surface area contributed by atoms with E-state index in [0.29, 0.717) is 0 Å². The fourth-order valence-corrected chi connectivity index (χ4v) is 1.62. The van der Waals surface area contributed by atoms with Gasteiger partial charge in [-0.2, -0.15) is 0 Å². The lowest BCUT2D eigenvalue weighted by molar-refractivity contribution is -0.152. The fraction of sp³-hybridized carbons (Fsp3) is 0.636. The minimum absolute atomic E-state index is 0.0189. The van der Waals surface area contributed by atoms with Crippen molar-refractivity contribution in [2.24, 2.45) is 0 Å². The molecule has 18 heavy (non-hydrogen) atoms. The van der Waals surface area contributed by atoms with Crippen molar-refractivity contribution in [3.8, 4) is 0 Å². The summed E-state index contributed by atoms with van der Waals surface area (Å²) in [4.78, 5) is 23.9. The molecule has 7 heteroatoms. The molecular weight excluding hydrogens is 240 g/mol. The van der Waals surface area contributed by atoms with Crippen LogP contribution in [0.4, 0.5) is 4.79 Å². The summed E-state index contributed by atoms with van der Waals surface area (Å²) in [6.07, 6.45) is 0.224. The monoisotopic (exact) mass is 258 g/mol. The van der Waals surface area contributed by atoms with Crippen LogP contribution in [0.25, 0.3) is 0 Å². The highest BCUT2D eigenvalue weighted by Crippen LogP contribution is 2.22. The van der Waals surface area contributed by atoms with Gasteiger partial charge in [0.05, 0.1) is 19.2 Å². The molecule has 1 aliphatic rings. The Morgan fingerprint density at radius 2 is 2.22 bits per heavy atom. The lowest BCUT2D eigenvalue weighted by atomic mass is 9.90. The van der Waals surface area contributed by atoms with E-state index in [1.807, 2.05) is 0 Å². The Bertz CT molecular complexity index is 336. The van der Waals surface area contributed by atoms with Crippen LogP contribution in [-0.2, 0) is 9.53 Å². The quantitative estimate of drug-likeness (QED) is 0.551. The highest BCUT2D eigenvalue weighted by atomic mass is 16.6. The SMILES string of the molecule is C=CCOC(=O)N1CC(NCC(C)O)(C(=O)O)C1. The van der Waals surface area contributed by atoms with Crippen LogP contribution in [0, 0.1) is 0 Å². The number of carboxylic acids is 1. The van der Waals surface area contributed by atoms with Crippen molar-refractivity contribution < 1.29 is 24.5 Å². The van der Waals surface area contributed by atoms with Crippen LogP contribution < -0.4 is 5.32 Å². The molecule has 1 rings (SSSR count). The van der Waals surface area contributed by atoms with Gasteiger partial charge in [-0.05, 0) is 6.92 Å². The third-order valence-electron chi connectivity index (χ3n) is 2.65. The highest BCUT2D eigenvalue weighted by Gasteiger charge is 2.51. The molecule has 0 aromatic carbocycles. The average molecular weight is 258 g/mol. The van der Waals surface area contributed by atoms with Gasteiger partial charge in [0.15, 0.2) is 5.54 Å². The summed E-state index contributed by atoms with van der Waals surface area (Å²) >= 11 is 0. The van der Waals surface area contributed by atoms with E-state index in [1.54, 1.807) is 6.92 Å². The lowest BCUT2D eigenvalue weighted by Crippen LogP contribution is -2.74. The molecule has 0 radical (unpaired) electrons. The molecule has 1 fully saturated rings. The third-order valence-corrected chi connectivity index (χ3v) is 2.65. The highest BCUT2D eigenvalue weighted by molar-refractivity contribution is 5.84. The zero-order valence-electron chi connectivity index (χ0n) is 10.3. The number of aliphatic hydroxyl groups excluding tert-OH is 1. The molecule has 3 N–H and O–H groups in total. The molecule has 7 nitrogen and oxygen atoms in total. The molecular formula is C11H18N2O5. The molecule has 0 bridgehead atoms. The van der Waals surface area contributed by atoms with Crippen molar-refractivity contribution in [1.29, 1.82) is 0 Å². The number of ether oxygens (including phenoxy) is 1. The van der Waals surface area contributed by atoms with Crippen LogP contribution in [0.1, 0.15) is 6.92 Å². The molecule has 1 aliphatic heterocycles. The minimum Gasteiger partial charge on any atom is -0.480 e. The van der Waals surface area contributed by atoms with Crippen LogP contribution in [0.2, 0.25) is 0 Å². The van der Waals surface area contributed by atoms with E-state index in [-0.39, 0.29) is 26.2 Å². The smallest absolute Gasteiger partial charge is 0.410 e. The Kier molecular flexibility index (Phi) is 4.69. The summed E-state index contributed by atoms with van der Waals surface area (Å²) in [7, 11) is 0. The van der Waals surface area contributed by atoms with Crippen molar-refractivity contribution in [3.05, 3.63) is 12.7 Å². The molecule has 0 aromatic heterocycles. The Balaban J connectivity index is 2.49. The van der Waals surface area contributed by atoms with E-state index >= 15 is 0 Å². The molecule has 0 spiro atoms. The van der Waals surface area contributed by atoms with Gasteiger partial charge in [0.25, 0.3) is 0 Å². The van der Waals surface area contributed by atoms with E-state index < -0.39 is 23.7 Å². The summed E-state index contributed by atoms with van der Waals surface area (Å²) in [5, 5.41) is 21.0. The average Bonchev–Trinajstić information content (AvgIpc) is 2.23. The van der Waals surface area contributed by atoms with Crippen LogP contribution in [0.15, 0.2) is 12.7 Å². The van der Waals surface area contributed by atoms with Crippen LogP contribution in [0.5, 0.6) is 0 Å². The number of amides is 1. The zero-order chi connectivity index (χ0) is 13.8. The number of aliphatic hydroxyl groups is 1. The summed E-state index contributed by atoms with van der Waals surface area (Å²) in [6.45, 7) is 5.25. The number of carbonyl (C=O) groups is 2. The number of β-amino-alcohol motifs (C(OH)–C–C–N with tert-alkyl or cyclic N) is 1. The minimum atomic E-state index is -1.19. The van der Waals surface area contributed by atoms with Crippen molar-refractivity contribution in [2.75, 3.05) is 26.2 Å². The van der Waals surface area contributed by atoms with E-state index in [4.69, 9.17) is 14.9 Å². The third kappa shape index (κ3) is 3.21. The molecule has 102 valence electrons. The fourth-order valence-electron chi connectivity index (χ4n) is 1.62. The number of nitrogens with zero attached hydrogens (tertiary/aromatic N) is 1. The maximum absolute atomic E-state index is 11.4. The first-order chi connectivity index (χ1) is 8.41. The van der Waals surface area contributed by atoms with Gasteiger partial charge in [0.1, 0.15) is 6.61 Å². The van der Waals surface area contributed by atoms with E-state index in [2.05, 4.69) is 11.9 Å². The standard InChI is InChI=1S/C11H18N2O5/c1-3-4-18-10(17)13-6-11(7-13,9(15)16)12-5-8(2)14/h3,8,12,14H,1,4-7H2,2H3,(H,15,16). The first kappa shape index (κ1) is 14.5. The van der Waals surface area contributed by atoms with E-state index in [1.165, 1.54) is 11.0 Å². The topological polar surface area (TPSA) is 99.1 Å². The molecule has 1 amide bonds. The Labute approximate surface area is 105 Å². The van der Waals surface area contributed by atoms with Crippen LogP contribution >= 0.6 is 0 Å². The second-order valence-electron chi connectivity index (χ2n) is 4.34. The van der Waals surface area contributed by atoms with Crippen LogP contribution in [-0.4, -0.2) is 65.1 Å². The van der Waals surface area contributed by atoms with Crippen molar-refractivity contribution in [2.45, 2.75) is 18.6 Å². The van der Waals surface area contributed by atoms with Crippen molar-refractivity contribution >= 4 is 12.1 Å². The summed E-state index contributed by atoms with van der Waals surface area (Å²) in [6, 6.07) is 0. The van der Waals surface area contributed by atoms with Gasteiger partial charge in [-0.25, -0.2) is 4.79 Å². The number of hydrogen-bond acceptors (Lipinski definition) is 5. The van der Waals surface area contributed by atoms with Crippen molar-refractivity contribution in [1.82, 2.24) is 10.2 Å². The molecule has 1 atom stereocenters. The van der Waals surface area contributed by atoms with E-state index in [0.717, 1.165) is 0 Å². The largest absolute Gasteiger partial charge is 0.480 e. The molecule has 1 saturated heterocycles. The Morgan fingerprint density at radius 1 is 1.61 bits per heavy atom. The zero-order valence-corrected chi connectivity index (χ0v) is 10.3.